The molecule has 10 heteroatoms. The highest BCUT2D eigenvalue weighted by Crippen LogP contribution is 2.34. The first kappa shape index (κ1) is 19.3. The van der Waals surface area contributed by atoms with E-state index in [0.717, 1.165) is 0 Å². The van der Waals surface area contributed by atoms with E-state index in [9.17, 15) is 16.8 Å². The molecule has 1 N–H and O–H groups in total. The van der Waals surface area contributed by atoms with E-state index in [1.54, 1.807) is 18.2 Å². The lowest BCUT2D eigenvalue weighted by atomic mass is 10.2. The maximum Gasteiger partial charge on any atom is 0.262 e. The minimum absolute atomic E-state index is 0.0663. The van der Waals surface area contributed by atoms with Gasteiger partial charge in [0.2, 0.25) is 10.0 Å². The highest BCUT2D eigenvalue weighted by Gasteiger charge is 2.29. The van der Waals surface area contributed by atoms with E-state index < -0.39 is 20.0 Å². The Kier molecular flexibility index (Phi) is 5.20. The van der Waals surface area contributed by atoms with E-state index in [-0.39, 0.29) is 22.1 Å². The van der Waals surface area contributed by atoms with Crippen molar-refractivity contribution in [3.05, 3.63) is 42.5 Å². The zero-order valence-corrected chi connectivity index (χ0v) is 16.5. The molecule has 0 unspecified atom stereocenters. The van der Waals surface area contributed by atoms with Gasteiger partial charge in [0.15, 0.2) is 0 Å². The first-order chi connectivity index (χ1) is 12.8. The Labute approximate surface area is 158 Å². The topological polar surface area (TPSA) is 102 Å². The third kappa shape index (κ3) is 3.96. The fourth-order valence-electron chi connectivity index (χ4n) is 2.81. The van der Waals surface area contributed by atoms with E-state index >= 15 is 0 Å². The molecular weight excluding hydrogens is 392 g/mol. The Morgan fingerprint density at radius 1 is 1.04 bits per heavy atom. The van der Waals surface area contributed by atoms with Crippen LogP contribution in [-0.4, -0.2) is 43.4 Å². The van der Waals surface area contributed by atoms with E-state index in [1.165, 1.54) is 42.8 Å². The zero-order chi connectivity index (χ0) is 19.7. The van der Waals surface area contributed by atoms with Crippen molar-refractivity contribution in [1.82, 2.24) is 0 Å². The molecular formula is C17H20N2O6S2. The van der Waals surface area contributed by atoms with Crippen molar-refractivity contribution in [1.29, 1.82) is 0 Å². The molecule has 8 nitrogen and oxygen atoms in total. The van der Waals surface area contributed by atoms with Crippen molar-refractivity contribution in [2.45, 2.75) is 11.3 Å². The van der Waals surface area contributed by atoms with Crippen LogP contribution in [0.15, 0.2) is 47.4 Å². The maximum atomic E-state index is 12.6. The maximum absolute atomic E-state index is 12.6. The summed E-state index contributed by atoms with van der Waals surface area (Å²) in [6.07, 6.45) is 0.552. The molecule has 1 fully saturated rings. The Bertz CT molecular complexity index is 1030. The molecule has 2 aromatic carbocycles. The van der Waals surface area contributed by atoms with Crippen LogP contribution in [0.3, 0.4) is 0 Å². The summed E-state index contributed by atoms with van der Waals surface area (Å²) in [5.74, 6) is 0.871. The fourth-order valence-corrected chi connectivity index (χ4v) is 5.43. The Hall–Kier alpha value is -2.46. The summed E-state index contributed by atoms with van der Waals surface area (Å²) in [5.41, 5.74) is 0.658. The van der Waals surface area contributed by atoms with Gasteiger partial charge in [0.25, 0.3) is 10.0 Å². The Morgan fingerprint density at radius 2 is 1.74 bits per heavy atom. The van der Waals surface area contributed by atoms with E-state index in [0.29, 0.717) is 24.4 Å². The SMILES string of the molecule is COc1ccc(S(=O)(=O)Nc2ccc(N3CCCS3(=O)=O)cc2OC)cc1. The third-order valence-corrected chi connectivity index (χ3v) is 7.44. The summed E-state index contributed by atoms with van der Waals surface area (Å²) < 4.78 is 63.4. The van der Waals surface area contributed by atoms with Gasteiger partial charge in [-0.2, -0.15) is 0 Å². The van der Waals surface area contributed by atoms with Crippen LogP contribution >= 0.6 is 0 Å². The molecule has 1 saturated heterocycles. The molecule has 0 amide bonds. The van der Waals surface area contributed by atoms with Gasteiger partial charge in [0.1, 0.15) is 11.5 Å². The average molecular weight is 412 g/mol. The predicted molar refractivity (Wildman–Crippen MR) is 103 cm³/mol. The van der Waals surface area contributed by atoms with Gasteiger partial charge in [0.05, 0.1) is 36.2 Å². The second-order valence-electron chi connectivity index (χ2n) is 5.91. The number of methoxy groups -OCH3 is 2. The van der Waals surface area contributed by atoms with Crippen LogP contribution in [-0.2, 0) is 20.0 Å². The average Bonchev–Trinajstić information content (AvgIpc) is 3.01. The van der Waals surface area contributed by atoms with Gasteiger partial charge in [-0.1, -0.05) is 0 Å². The third-order valence-electron chi connectivity index (χ3n) is 4.19. The van der Waals surface area contributed by atoms with Gasteiger partial charge in [-0.15, -0.1) is 0 Å². The minimum atomic E-state index is -3.84. The number of anilines is 2. The van der Waals surface area contributed by atoms with E-state index in [4.69, 9.17) is 9.47 Å². The molecule has 2 aromatic rings. The van der Waals surface area contributed by atoms with Gasteiger partial charge in [-0.05, 0) is 42.8 Å². The number of benzene rings is 2. The number of ether oxygens (including phenoxy) is 2. The van der Waals surface area contributed by atoms with Crippen LogP contribution in [0.5, 0.6) is 11.5 Å². The number of rotatable bonds is 6. The summed E-state index contributed by atoms with van der Waals surface area (Å²) in [5, 5.41) is 0. The lowest BCUT2D eigenvalue weighted by Crippen LogP contribution is -2.25. The van der Waals surface area contributed by atoms with Crippen molar-refractivity contribution in [2.24, 2.45) is 0 Å². The van der Waals surface area contributed by atoms with Crippen LogP contribution < -0.4 is 18.5 Å². The Morgan fingerprint density at radius 3 is 2.30 bits per heavy atom. The lowest BCUT2D eigenvalue weighted by molar-refractivity contribution is 0.414. The Balaban J connectivity index is 1.90. The first-order valence-corrected chi connectivity index (χ1v) is 11.2. The number of hydrogen-bond acceptors (Lipinski definition) is 6. The normalized spacial score (nSPS) is 16.1. The minimum Gasteiger partial charge on any atom is -0.497 e. The van der Waals surface area contributed by atoms with Crippen LogP contribution in [0.4, 0.5) is 11.4 Å². The summed E-state index contributed by atoms with van der Waals surface area (Å²) >= 11 is 0. The van der Waals surface area contributed by atoms with Crippen molar-refractivity contribution in [3.63, 3.8) is 0 Å². The van der Waals surface area contributed by atoms with Crippen LogP contribution in [0.1, 0.15) is 6.42 Å². The van der Waals surface area contributed by atoms with Crippen LogP contribution in [0.25, 0.3) is 0 Å². The summed E-state index contributed by atoms with van der Waals surface area (Å²) in [6.45, 7) is 0.391. The van der Waals surface area contributed by atoms with Crippen molar-refractivity contribution in [3.8, 4) is 11.5 Å². The number of hydrogen-bond donors (Lipinski definition) is 1. The summed E-state index contributed by atoms with van der Waals surface area (Å²) in [7, 11) is -4.29. The van der Waals surface area contributed by atoms with Gasteiger partial charge < -0.3 is 9.47 Å². The molecule has 3 rings (SSSR count). The first-order valence-electron chi connectivity index (χ1n) is 8.12. The van der Waals surface area contributed by atoms with Gasteiger partial charge in [0, 0.05) is 12.6 Å². The van der Waals surface area contributed by atoms with E-state index in [2.05, 4.69) is 4.72 Å². The molecule has 1 heterocycles. The molecule has 0 radical (unpaired) electrons. The highest BCUT2D eigenvalue weighted by molar-refractivity contribution is 7.93. The van der Waals surface area contributed by atoms with Gasteiger partial charge in [-0.3, -0.25) is 9.03 Å². The summed E-state index contributed by atoms with van der Waals surface area (Å²) in [6, 6.07) is 10.5. The molecule has 0 bridgehead atoms. The molecule has 1 aliphatic heterocycles. The van der Waals surface area contributed by atoms with Gasteiger partial charge in [-0.25, -0.2) is 16.8 Å². The van der Waals surface area contributed by atoms with Crippen LogP contribution in [0, 0.1) is 0 Å². The number of nitrogens with zero attached hydrogens (tertiary/aromatic N) is 1. The van der Waals surface area contributed by atoms with Crippen molar-refractivity contribution in [2.75, 3.05) is 35.5 Å². The second kappa shape index (κ2) is 7.28. The molecule has 0 aliphatic carbocycles. The number of nitrogens with one attached hydrogen (secondary N) is 1. The lowest BCUT2D eigenvalue weighted by Gasteiger charge is -2.19. The molecule has 146 valence electrons. The molecule has 0 aromatic heterocycles. The number of sulfonamides is 2. The smallest absolute Gasteiger partial charge is 0.262 e. The van der Waals surface area contributed by atoms with Crippen LogP contribution in [0.2, 0.25) is 0 Å². The molecule has 1 aliphatic rings. The monoisotopic (exact) mass is 412 g/mol. The predicted octanol–water partition coefficient (Wildman–Crippen LogP) is 2.04. The fraction of sp³-hybridized carbons (Fsp3) is 0.294. The second-order valence-corrected chi connectivity index (χ2v) is 9.60. The molecule has 0 atom stereocenters. The van der Waals surface area contributed by atoms with E-state index in [1.807, 2.05) is 0 Å². The standard InChI is InChI=1S/C17H20N2O6S2/c1-24-14-5-7-15(8-6-14)27(22,23)18-16-9-4-13(12-17(16)25-2)19-10-3-11-26(19,20)21/h4-9,12,18H,3,10-11H2,1-2H3. The molecule has 0 saturated carbocycles. The van der Waals surface area contributed by atoms with Crippen molar-refractivity contribution >= 4 is 31.4 Å². The molecule has 27 heavy (non-hydrogen) atoms. The quantitative estimate of drug-likeness (QED) is 0.779. The summed E-state index contributed by atoms with van der Waals surface area (Å²) in [4.78, 5) is 0.0663. The zero-order valence-electron chi connectivity index (χ0n) is 14.9. The largest absolute Gasteiger partial charge is 0.497 e. The highest BCUT2D eigenvalue weighted by atomic mass is 32.2. The molecule has 0 spiro atoms. The van der Waals surface area contributed by atoms with Gasteiger partial charge >= 0.3 is 0 Å². The van der Waals surface area contributed by atoms with Crippen molar-refractivity contribution < 1.29 is 26.3 Å².